The predicted molar refractivity (Wildman–Crippen MR) is 63.3 cm³/mol. The summed E-state index contributed by atoms with van der Waals surface area (Å²) < 4.78 is 10.1. The fraction of sp³-hybridized carbons (Fsp3) is 0.500. The molecule has 0 bridgehead atoms. The minimum Gasteiger partial charge on any atom is -0.495 e. The highest BCUT2D eigenvalue weighted by atomic mass is 35.5. The van der Waals surface area contributed by atoms with Crippen molar-refractivity contribution in [2.45, 2.75) is 18.8 Å². The topological polar surface area (TPSA) is 48.4 Å². The van der Waals surface area contributed by atoms with E-state index in [1.165, 1.54) is 20.4 Å². The van der Waals surface area contributed by atoms with Gasteiger partial charge >= 0.3 is 5.97 Å². The third-order valence-electron chi connectivity index (χ3n) is 2.91. The Hall–Kier alpha value is -1.29. The Morgan fingerprint density at radius 2 is 2.24 bits per heavy atom. The number of esters is 1. The Morgan fingerprint density at radius 3 is 2.76 bits per heavy atom. The molecule has 1 fully saturated rings. The van der Waals surface area contributed by atoms with Crippen molar-refractivity contribution in [2.24, 2.45) is 5.92 Å². The number of rotatable bonds is 4. The van der Waals surface area contributed by atoms with Gasteiger partial charge < -0.3 is 9.47 Å². The summed E-state index contributed by atoms with van der Waals surface area (Å²) in [5.74, 6) is 0.248. The van der Waals surface area contributed by atoms with Gasteiger partial charge in [0.15, 0.2) is 0 Å². The smallest absolute Gasteiger partial charge is 0.315 e. The van der Waals surface area contributed by atoms with Gasteiger partial charge in [-0.1, -0.05) is 11.6 Å². The van der Waals surface area contributed by atoms with Crippen molar-refractivity contribution in [1.82, 2.24) is 4.98 Å². The molecule has 1 aromatic heterocycles. The molecule has 0 aromatic carbocycles. The van der Waals surface area contributed by atoms with Crippen LogP contribution >= 0.6 is 11.6 Å². The van der Waals surface area contributed by atoms with Gasteiger partial charge in [-0.15, -0.1) is 0 Å². The SMILES string of the molecule is COC(=O)C(c1ncc(Cl)cc1OC)C1CC1. The van der Waals surface area contributed by atoms with Gasteiger partial charge in [-0.25, -0.2) is 0 Å². The highest BCUT2D eigenvalue weighted by Gasteiger charge is 2.40. The normalized spacial score (nSPS) is 16.4. The van der Waals surface area contributed by atoms with Gasteiger partial charge in [0, 0.05) is 12.3 Å². The van der Waals surface area contributed by atoms with Crippen molar-refractivity contribution in [3.8, 4) is 5.75 Å². The number of ether oxygens (including phenoxy) is 2. The summed E-state index contributed by atoms with van der Waals surface area (Å²) in [7, 11) is 2.93. The molecule has 4 nitrogen and oxygen atoms in total. The lowest BCUT2D eigenvalue weighted by molar-refractivity contribution is -0.143. The summed E-state index contributed by atoms with van der Waals surface area (Å²) >= 11 is 5.85. The van der Waals surface area contributed by atoms with Crippen LogP contribution in [0, 0.1) is 5.92 Å². The molecule has 1 heterocycles. The molecule has 0 spiro atoms. The van der Waals surface area contributed by atoms with Crippen LogP contribution < -0.4 is 4.74 Å². The van der Waals surface area contributed by atoms with E-state index in [4.69, 9.17) is 21.1 Å². The Kier molecular flexibility index (Phi) is 3.52. The van der Waals surface area contributed by atoms with Gasteiger partial charge in [-0.05, 0) is 18.8 Å². The highest BCUT2D eigenvalue weighted by Crippen LogP contribution is 2.45. The van der Waals surface area contributed by atoms with Gasteiger partial charge in [0.25, 0.3) is 0 Å². The number of hydrogen-bond donors (Lipinski definition) is 0. The average molecular weight is 256 g/mol. The monoisotopic (exact) mass is 255 g/mol. The molecule has 5 heteroatoms. The molecule has 1 aliphatic carbocycles. The minimum atomic E-state index is -0.341. The first-order valence-corrected chi connectivity index (χ1v) is 5.82. The van der Waals surface area contributed by atoms with Crippen molar-refractivity contribution < 1.29 is 14.3 Å². The van der Waals surface area contributed by atoms with Crippen LogP contribution in [-0.4, -0.2) is 25.2 Å². The maximum Gasteiger partial charge on any atom is 0.315 e. The summed E-state index contributed by atoms with van der Waals surface area (Å²) in [5, 5.41) is 0.491. The molecule has 2 rings (SSSR count). The largest absolute Gasteiger partial charge is 0.495 e. The van der Waals surface area contributed by atoms with Crippen LogP contribution in [0.1, 0.15) is 24.5 Å². The highest BCUT2D eigenvalue weighted by molar-refractivity contribution is 6.30. The van der Waals surface area contributed by atoms with E-state index in [0.29, 0.717) is 22.4 Å². The van der Waals surface area contributed by atoms with Crippen LogP contribution in [0.2, 0.25) is 5.02 Å². The molecular weight excluding hydrogens is 242 g/mol. The zero-order valence-corrected chi connectivity index (χ0v) is 10.5. The Labute approximate surface area is 105 Å². The van der Waals surface area contributed by atoms with E-state index < -0.39 is 0 Å². The summed E-state index contributed by atoms with van der Waals surface area (Å²) in [5.41, 5.74) is 0.617. The summed E-state index contributed by atoms with van der Waals surface area (Å²) in [4.78, 5) is 16.0. The van der Waals surface area contributed by atoms with E-state index in [9.17, 15) is 4.79 Å². The lowest BCUT2D eigenvalue weighted by Crippen LogP contribution is -2.18. The van der Waals surface area contributed by atoms with Crippen molar-refractivity contribution in [3.05, 3.63) is 23.0 Å². The quantitative estimate of drug-likeness (QED) is 0.776. The molecule has 0 radical (unpaired) electrons. The first-order valence-electron chi connectivity index (χ1n) is 5.44. The maximum absolute atomic E-state index is 11.8. The van der Waals surface area contributed by atoms with Gasteiger partial charge in [0.2, 0.25) is 0 Å². The van der Waals surface area contributed by atoms with E-state index in [1.807, 2.05) is 0 Å². The number of carbonyl (C=O) groups is 1. The number of carbonyl (C=O) groups excluding carboxylic acids is 1. The summed E-state index contributed by atoms with van der Waals surface area (Å²) in [6.45, 7) is 0. The average Bonchev–Trinajstić information content (AvgIpc) is 3.15. The van der Waals surface area contributed by atoms with Gasteiger partial charge in [0.05, 0.1) is 24.9 Å². The van der Waals surface area contributed by atoms with Crippen LogP contribution in [-0.2, 0) is 9.53 Å². The molecule has 1 atom stereocenters. The van der Waals surface area contributed by atoms with E-state index in [2.05, 4.69) is 4.98 Å². The van der Waals surface area contributed by atoms with Crippen LogP contribution in [0.25, 0.3) is 0 Å². The third-order valence-corrected chi connectivity index (χ3v) is 3.12. The number of aromatic nitrogens is 1. The number of nitrogens with zero attached hydrogens (tertiary/aromatic N) is 1. The van der Waals surface area contributed by atoms with Crippen molar-refractivity contribution >= 4 is 17.6 Å². The predicted octanol–water partition coefficient (Wildman–Crippen LogP) is 2.41. The van der Waals surface area contributed by atoms with Crippen LogP contribution in [0.15, 0.2) is 12.3 Å². The molecule has 17 heavy (non-hydrogen) atoms. The van der Waals surface area contributed by atoms with Crippen LogP contribution in [0.3, 0.4) is 0 Å². The molecule has 0 N–H and O–H groups in total. The van der Waals surface area contributed by atoms with Crippen molar-refractivity contribution in [1.29, 1.82) is 0 Å². The second-order valence-corrected chi connectivity index (χ2v) is 4.52. The molecule has 0 amide bonds. The minimum absolute atomic E-state index is 0.263. The van der Waals surface area contributed by atoms with E-state index >= 15 is 0 Å². The first-order chi connectivity index (χ1) is 8.17. The van der Waals surface area contributed by atoms with Gasteiger partial charge in [0.1, 0.15) is 11.7 Å². The lowest BCUT2D eigenvalue weighted by atomic mass is 9.98. The molecule has 1 aromatic rings. The number of halogens is 1. The second kappa shape index (κ2) is 4.92. The van der Waals surface area contributed by atoms with E-state index in [1.54, 1.807) is 6.07 Å². The summed E-state index contributed by atoms with van der Waals surface area (Å²) in [6, 6.07) is 1.67. The Bertz CT molecular complexity index is 432. The number of hydrogen-bond acceptors (Lipinski definition) is 4. The number of pyridine rings is 1. The van der Waals surface area contributed by atoms with Gasteiger partial charge in [-0.2, -0.15) is 0 Å². The fourth-order valence-electron chi connectivity index (χ4n) is 1.91. The molecule has 0 saturated heterocycles. The molecule has 0 aliphatic heterocycles. The van der Waals surface area contributed by atoms with E-state index in [0.717, 1.165) is 12.8 Å². The number of methoxy groups -OCH3 is 2. The Balaban J connectivity index is 2.38. The molecular formula is C12H14ClNO3. The fourth-order valence-corrected chi connectivity index (χ4v) is 2.06. The second-order valence-electron chi connectivity index (χ2n) is 4.08. The molecule has 1 saturated carbocycles. The molecule has 92 valence electrons. The Morgan fingerprint density at radius 1 is 1.53 bits per heavy atom. The third kappa shape index (κ3) is 2.52. The standard InChI is InChI=1S/C12H14ClNO3/c1-16-9-5-8(13)6-14-11(9)10(7-3-4-7)12(15)17-2/h5-7,10H,3-4H2,1-2H3. The molecule has 1 aliphatic rings. The van der Waals surface area contributed by atoms with Crippen LogP contribution in [0.4, 0.5) is 0 Å². The van der Waals surface area contributed by atoms with E-state index in [-0.39, 0.29) is 11.9 Å². The maximum atomic E-state index is 11.8. The van der Waals surface area contributed by atoms with Gasteiger partial charge in [-0.3, -0.25) is 9.78 Å². The first kappa shape index (κ1) is 12.2. The molecule has 1 unspecified atom stereocenters. The van der Waals surface area contributed by atoms with Crippen molar-refractivity contribution in [2.75, 3.05) is 14.2 Å². The lowest BCUT2D eigenvalue weighted by Gasteiger charge is -2.16. The van der Waals surface area contributed by atoms with Crippen molar-refractivity contribution in [3.63, 3.8) is 0 Å². The zero-order chi connectivity index (χ0) is 12.4. The summed E-state index contributed by atoms with van der Waals surface area (Å²) in [6.07, 6.45) is 3.57. The zero-order valence-electron chi connectivity index (χ0n) is 9.77. The van der Waals surface area contributed by atoms with Crippen LogP contribution in [0.5, 0.6) is 5.75 Å².